The smallest absolute Gasteiger partial charge is 0.238 e. The summed E-state index contributed by atoms with van der Waals surface area (Å²) in [5.74, 6) is 0.0563. The first-order valence-corrected chi connectivity index (χ1v) is 9.81. The maximum absolute atomic E-state index is 12.4. The van der Waals surface area contributed by atoms with Crippen molar-refractivity contribution in [2.24, 2.45) is 0 Å². The summed E-state index contributed by atoms with van der Waals surface area (Å²) in [6.07, 6.45) is 4.12. The lowest BCUT2D eigenvalue weighted by atomic mass is 10.1. The number of imidazole rings is 1. The van der Waals surface area contributed by atoms with Gasteiger partial charge in [-0.2, -0.15) is 0 Å². The van der Waals surface area contributed by atoms with Gasteiger partial charge in [-0.1, -0.05) is 23.8 Å². The first-order chi connectivity index (χ1) is 13.6. The van der Waals surface area contributed by atoms with E-state index in [0.29, 0.717) is 6.54 Å². The van der Waals surface area contributed by atoms with Crippen molar-refractivity contribution in [2.45, 2.75) is 20.4 Å². The van der Waals surface area contributed by atoms with Gasteiger partial charge < -0.3 is 9.72 Å². The van der Waals surface area contributed by atoms with Crippen molar-refractivity contribution < 1.29 is 4.79 Å². The monoisotopic (exact) mass is 377 g/mol. The fourth-order valence-corrected chi connectivity index (χ4v) is 3.74. The molecular weight excluding hydrogens is 350 g/mol. The molecule has 1 aliphatic heterocycles. The quantitative estimate of drug-likeness (QED) is 0.743. The van der Waals surface area contributed by atoms with E-state index in [-0.39, 0.29) is 5.91 Å². The van der Waals surface area contributed by atoms with Crippen LogP contribution in [0.4, 0.5) is 5.69 Å². The van der Waals surface area contributed by atoms with Gasteiger partial charge in [0, 0.05) is 50.8 Å². The lowest BCUT2D eigenvalue weighted by Gasteiger charge is -2.33. The Hall–Kier alpha value is -2.70. The highest BCUT2D eigenvalue weighted by atomic mass is 16.2. The van der Waals surface area contributed by atoms with E-state index < -0.39 is 0 Å². The normalized spacial score (nSPS) is 15.8. The van der Waals surface area contributed by atoms with Crippen LogP contribution < -0.4 is 5.32 Å². The summed E-state index contributed by atoms with van der Waals surface area (Å²) in [5.41, 5.74) is 5.29. The van der Waals surface area contributed by atoms with Crippen LogP contribution in [-0.4, -0.2) is 57.8 Å². The molecule has 28 heavy (non-hydrogen) atoms. The molecule has 0 atom stereocenters. The van der Waals surface area contributed by atoms with Gasteiger partial charge in [0.1, 0.15) is 5.65 Å². The maximum Gasteiger partial charge on any atom is 0.238 e. The van der Waals surface area contributed by atoms with Crippen LogP contribution in [0, 0.1) is 13.8 Å². The van der Waals surface area contributed by atoms with E-state index in [1.54, 1.807) is 0 Å². The lowest BCUT2D eigenvalue weighted by Crippen LogP contribution is -2.48. The van der Waals surface area contributed by atoms with E-state index >= 15 is 0 Å². The second-order valence-corrected chi connectivity index (χ2v) is 7.62. The van der Waals surface area contributed by atoms with Crippen LogP contribution in [0.15, 0.2) is 48.8 Å². The van der Waals surface area contributed by atoms with Gasteiger partial charge in [-0.3, -0.25) is 14.6 Å². The average molecular weight is 377 g/mol. The third-order valence-corrected chi connectivity index (χ3v) is 5.29. The Kier molecular flexibility index (Phi) is 5.41. The minimum absolute atomic E-state index is 0.0563. The third kappa shape index (κ3) is 4.40. The number of aromatic nitrogens is 2. The average Bonchev–Trinajstić information content (AvgIpc) is 3.08. The molecule has 0 bridgehead atoms. The number of pyridine rings is 1. The van der Waals surface area contributed by atoms with Gasteiger partial charge in [0.2, 0.25) is 5.91 Å². The van der Waals surface area contributed by atoms with E-state index in [1.165, 1.54) is 5.56 Å². The summed E-state index contributed by atoms with van der Waals surface area (Å²) in [6.45, 7) is 9.07. The maximum atomic E-state index is 12.4. The zero-order chi connectivity index (χ0) is 19.5. The van der Waals surface area contributed by atoms with E-state index in [2.05, 4.69) is 43.7 Å². The Morgan fingerprint density at radius 1 is 1.07 bits per heavy atom. The van der Waals surface area contributed by atoms with Crippen molar-refractivity contribution in [3.05, 3.63) is 65.6 Å². The zero-order valence-electron chi connectivity index (χ0n) is 16.6. The number of carbonyl (C=O) groups is 1. The van der Waals surface area contributed by atoms with Gasteiger partial charge in [0.25, 0.3) is 0 Å². The second kappa shape index (κ2) is 8.12. The molecule has 0 unspecified atom stereocenters. The number of rotatable bonds is 5. The number of carbonyl (C=O) groups excluding carboxylic acids is 1. The summed E-state index contributed by atoms with van der Waals surface area (Å²) in [6, 6.07) is 12.1. The lowest BCUT2D eigenvalue weighted by molar-refractivity contribution is -0.117. The van der Waals surface area contributed by atoms with Gasteiger partial charge in [-0.15, -0.1) is 0 Å². The van der Waals surface area contributed by atoms with E-state index in [0.717, 1.165) is 55.3 Å². The fourth-order valence-electron chi connectivity index (χ4n) is 3.74. The second-order valence-electron chi connectivity index (χ2n) is 7.62. The number of aryl methyl sites for hydroxylation is 2. The van der Waals surface area contributed by atoms with Crippen LogP contribution in [0.3, 0.4) is 0 Å². The summed E-state index contributed by atoms with van der Waals surface area (Å²) in [7, 11) is 0. The standard InChI is InChI=1S/C22H27N5O/c1-17-6-7-20(18(2)13-17)24-22(28)16-26-11-9-25(10-12-26)14-19-15-27-8-4-3-5-21(27)23-19/h3-8,13,15H,9-12,14,16H2,1-2H3,(H,24,28). The predicted octanol–water partition coefficient (Wildman–Crippen LogP) is 2.71. The zero-order valence-corrected chi connectivity index (χ0v) is 16.6. The van der Waals surface area contributed by atoms with Crippen LogP contribution in [0.25, 0.3) is 5.65 Å². The van der Waals surface area contributed by atoms with E-state index in [1.807, 2.05) is 43.5 Å². The summed E-state index contributed by atoms with van der Waals surface area (Å²) in [5, 5.41) is 3.04. The minimum Gasteiger partial charge on any atom is -0.325 e. The summed E-state index contributed by atoms with van der Waals surface area (Å²) >= 11 is 0. The first kappa shape index (κ1) is 18.7. The van der Waals surface area contributed by atoms with E-state index in [4.69, 9.17) is 0 Å². The molecule has 146 valence electrons. The number of nitrogens with zero attached hydrogens (tertiary/aromatic N) is 4. The Bertz CT molecular complexity index is 939. The number of amides is 1. The molecular formula is C22H27N5O. The highest BCUT2D eigenvalue weighted by Gasteiger charge is 2.20. The number of benzene rings is 1. The molecule has 6 nitrogen and oxygen atoms in total. The molecule has 2 aromatic heterocycles. The molecule has 1 saturated heterocycles. The fraction of sp³-hybridized carbons (Fsp3) is 0.364. The van der Waals surface area contributed by atoms with Crippen molar-refractivity contribution in [2.75, 3.05) is 38.0 Å². The first-order valence-electron chi connectivity index (χ1n) is 9.81. The van der Waals surface area contributed by atoms with Gasteiger partial charge >= 0.3 is 0 Å². The Morgan fingerprint density at radius 3 is 2.61 bits per heavy atom. The van der Waals surface area contributed by atoms with Crippen LogP contribution in [0.2, 0.25) is 0 Å². The molecule has 0 aliphatic carbocycles. The van der Waals surface area contributed by atoms with Gasteiger partial charge in [-0.25, -0.2) is 4.98 Å². The van der Waals surface area contributed by atoms with Crippen molar-refractivity contribution in [1.82, 2.24) is 19.2 Å². The molecule has 4 rings (SSSR count). The van der Waals surface area contributed by atoms with Crippen LogP contribution in [-0.2, 0) is 11.3 Å². The van der Waals surface area contributed by atoms with Crippen LogP contribution >= 0.6 is 0 Å². The number of hydrogen-bond donors (Lipinski definition) is 1. The predicted molar refractivity (Wildman–Crippen MR) is 111 cm³/mol. The summed E-state index contributed by atoms with van der Waals surface area (Å²) in [4.78, 5) is 21.7. The number of piperazine rings is 1. The van der Waals surface area contributed by atoms with E-state index in [9.17, 15) is 4.79 Å². The Labute approximate surface area is 165 Å². The topological polar surface area (TPSA) is 52.9 Å². The molecule has 1 aromatic carbocycles. The largest absolute Gasteiger partial charge is 0.325 e. The molecule has 1 aliphatic rings. The number of anilines is 1. The van der Waals surface area contributed by atoms with Gasteiger partial charge in [-0.05, 0) is 37.6 Å². The SMILES string of the molecule is Cc1ccc(NC(=O)CN2CCN(Cc3cn4ccccc4n3)CC2)c(C)c1. The molecule has 6 heteroatoms. The molecule has 0 saturated carbocycles. The van der Waals surface area contributed by atoms with Crippen LogP contribution in [0.5, 0.6) is 0 Å². The molecule has 1 amide bonds. The molecule has 3 heterocycles. The third-order valence-electron chi connectivity index (χ3n) is 5.29. The molecule has 0 radical (unpaired) electrons. The Balaban J connectivity index is 1.26. The molecule has 1 fully saturated rings. The molecule has 3 aromatic rings. The van der Waals surface area contributed by atoms with Crippen molar-refractivity contribution in [1.29, 1.82) is 0 Å². The van der Waals surface area contributed by atoms with Crippen molar-refractivity contribution in [3.63, 3.8) is 0 Å². The van der Waals surface area contributed by atoms with Crippen LogP contribution in [0.1, 0.15) is 16.8 Å². The Morgan fingerprint density at radius 2 is 1.86 bits per heavy atom. The minimum atomic E-state index is 0.0563. The number of fused-ring (bicyclic) bond motifs is 1. The van der Waals surface area contributed by atoms with Gasteiger partial charge in [0.05, 0.1) is 12.2 Å². The number of hydrogen-bond acceptors (Lipinski definition) is 4. The van der Waals surface area contributed by atoms with Gasteiger partial charge in [0.15, 0.2) is 0 Å². The van der Waals surface area contributed by atoms with Crippen molar-refractivity contribution >= 4 is 17.2 Å². The highest BCUT2D eigenvalue weighted by Crippen LogP contribution is 2.16. The molecule has 0 spiro atoms. The van der Waals surface area contributed by atoms with Crippen molar-refractivity contribution in [3.8, 4) is 0 Å². The molecule has 1 N–H and O–H groups in total. The summed E-state index contributed by atoms with van der Waals surface area (Å²) < 4.78 is 2.06. The highest BCUT2D eigenvalue weighted by molar-refractivity contribution is 5.93. The number of nitrogens with one attached hydrogen (secondary N) is 1.